The third kappa shape index (κ3) is 3.34. The van der Waals surface area contributed by atoms with Crippen molar-refractivity contribution >= 4 is 26.5 Å². The summed E-state index contributed by atoms with van der Waals surface area (Å²) in [6.45, 7) is 1.92. The molecule has 0 aliphatic heterocycles. The standard InChI is InChI=1S/C23H18N2O2S2/c1-15-6-9-19(10-7-15)29(26,27)25-23-24-22(14-28-23)17-8-11-21-18(13-17)12-16-4-2-3-5-20(16)21/h2-11,13-14H,12H2,1H3,(H,24,25). The summed E-state index contributed by atoms with van der Waals surface area (Å²) in [5.41, 5.74) is 7.95. The molecule has 3 aromatic carbocycles. The van der Waals surface area contributed by atoms with E-state index in [0.29, 0.717) is 5.13 Å². The van der Waals surface area contributed by atoms with Crippen molar-refractivity contribution in [1.29, 1.82) is 0 Å². The molecular weight excluding hydrogens is 400 g/mol. The number of sulfonamides is 1. The van der Waals surface area contributed by atoms with E-state index in [0.717, 1.165) is 23.2 Å². The quantitative estimate of drug-likeness (QED) is 0.420. The molecule has 0 amide bonds. The van der Waals surface area contributed by atoms with Gasteiger partial charge in [-0.25, -0.2) is 13.4 Å². The topological polar surface area (TPSA) is 59.1 Å². The molecule has 0 spiro atoms. The average Bonchev–Trinajstić information content (AvgIpc) is 3.31. The molecule has 4 nitrogen and oxygen atoms in total. The molecule has 5 rings (SSSR count). The maximum absolute atomic E-state index is 12.6. The first-order valence-electron chi connectivity index (χ1n) is 9.26. The van der Waals surface area contributed by atoms with Crippen LogP contribution in [0.4, 0.5) is 5.13 Å². The number of benzene rings is 3. The first-order chi connectivity index (χ1) is 14.0. The number of nitrogens with one attached hydrogen (secondary N) is 1. The van der Waals surface area contributed by atoms with Crippen LogP contribution in [0.1, 0.15) is 16.7 Å². The zero-order valence-corrected chi connectivity index (χ0v) is 17.3. The number of aryl methyl sites for hydroxylation is 1. The second-order valence-electron chi connectivity index (χ2n) is 7.16. The summed E-state index contributed by atoms with van der Waals surface area (Å²) < 4.78 is 27.8. The number of aromatic nitrogens is 1. The van der Waals surface area contributed by atoms with Crippen molar-refractivity contribution in [3.05, 3.63) is 88.8 Å². The molecule has 144 valence electrons. The van der Waals surface area contributed by atoms with Gasteiger partial charge in [0.25, 0.3) is 10.0 Å². The van der Waals surface area contributed by atoms with Gasteiger partial charge in [0.15, 0.2) is 5.13 Å². The van der Waals surface area contributed by atoms with Crippen molar-refractivity contribution < 1.29 is 8.42 Å². The summed E-state index contributed by atoms with van der Waals surface area (Å²) >= 11 is 1.29. The van der Waals surface area contributed by atoms with Gasteiger partial charge in [-0.1, -0.05) is 54.1 Å². The van der Waals surface area contributed by atoms with Gasteiger partial charge in [-0.05, 0) is 53.8 Å². The Labute approximate surface area is 173 Å². The number of nitrogens with zero attached hydrogens (tertiary/aromatic N) is 1. The first kappa shape index (κ1) is 18.1. The van der Waals surface area contributed by atoms with Crippen molar-refractivity contribution in [2.45, 2.75) is 18.2 Å². The zero-order valence-electron chi connectivity index (χ0n) is 15.7. The van der Waals surface area contributed by atoms with E-state index in [1.807, 2.05) is 18.4 Å². The molecule has 0 radical (unpaired) electrons. The van der Waals surface area contributed by atoms with E-state index < -0.39 is 10.0 Å². The molecule has 1 N–H and O–H groups in total. The molecule has 4 aromatic rings. The monoisotopic (exact) mass is 418 g/mol. The predicted octanol–water partition coefficient (Wildman–Crippen LogP) is 5.49. The third-order valence-electron chi connectivity index (χ3n) is 5.15. The van der Waals surface area contributed by atoms with Crippen molar-refractivity contribution in [3.63, 3.8) is 0 Å². The van der Waals surface area contributed by atoms with Gasteiger partial charge in [-0.3, -0.25) is 4.72 Å². The lowest BCUT2D eigenvalue weighted by molar-refractivity contribution is 0.601. The van der Waals surface area contributed by atoms with E-state index in [-0.39, 0.29) is 4.90 Å². The highest BCUT2D eigenvalue weighted by Gasteiger charge is 2.20. The second kappa shape index (κ2) is 6.83. The van der Waals surface area contributed by atoms with Crippen LogP contribution in [0.2, 0.25) is 0 Å². The van der Waals surface area contributed by atoms with E-state index in [2.05, 4.69) is 46.1 Å². The normalized spacial score (nSPS) is 12.4. The van der Waals surface area contributed by atoms with Crippen molar-refractivity contribution in [3.8, 4) is 22.4 Å². The highest BCUT2D eigenvalue weighted by molar-refractivity contribution is 7.93. The molecule has 0 fully saturated rings. The Morgan fingerprint density at radius 2 is 1.69 bits per heavy atom. The Hall–Kier alpha value is -2.96. The van der Waals surface area contributed by atoms with Gasteiger partial charge in [0.05, 0.1) is 10.6 Å². The van der Waals surface area contributed by atoms with Crippen molar-refractivity contribution in [2.24, 2.45) is 0 Å². The van der Waals surface area contributed by atoms with Crippen LogP contribution < -0.4 is 4.72 Å². The number of anilines is 1. The summed E-state index contributed by atoms with van der Waals surface area (Å²) in [5.74, 6) is 0. The fourth-order valence-corrected chi connectivity index (χ4v) is 5.62. The van der Waals surface area contributed by atoms with Gasteiger partial charge >= 0.3 is 0 Å². The van der Waals surface area contributed by atoms with Crippen LogP contribution >= 0.6 is 11.3 Å². The largest absolute Gasteiger partial charge is 0.263 e. The van der Waals surface area contributed by atoms with Gasteiger partial charge < -0.3 is 0 Å². The molecule has 0 saturated carbocycles. The molecule has 0 unspecified atom stereocenters. The molecule has 1 heterocycles. The molecule has 0 atom stereocenters. The Morgan fingerprint density at radius 3 is 2.52 bits per heavy atom. The average molecular weight is 419 g/mol. The maximum Gasteiger partial charge on any atom is 0.263 e. The molecule has 0 bridgehead atoms. The lowest BCUT2D eigenvalue weighted by Crippen LogP contribution is -2.12. The first-order valence-corrected chi connectivity index (χ1v) is 11.6. The maximum atomic E-state index is 12.6. The molecule has 1 aromatic heterocycles. The van der Waals surface area contributed by atoms with Crippen LogP contribution in [0.15, 0.2) is 77.0 Å². The van der Waals surface area contributed by atoms with E-state index in [1.54, 1.807) is 24.3 Å². The molecule has 0 saturated heterocycles. The third-order valence-corrected chi connectivity index (χ3v) is 7.39. The van der Waals surface area contributed by atoms with Gasteiger partial charge in [-0.2, -0.15) is 0 Å². The summed E-state index contributed by atoms with van der Waals surface area (Å²) in [6, 6.07) is 21.6. The molecule has 1 aliphatic rings. The van der Waals surface area contributed by atoms with Crippen LogP contribution in [0.5, 0.6) is 0 Å². The molecule has 29 heavy (non-hydrogen) atoms. The van der Waals surface area contributed by atoms with Gasteiger partial charge in [0.2, 0.25) is 0 Å². The minimum Gasteiger partial charge on any atom is -0.255 e. The number of thiazole rings is 1. The summed E-state index contributed by atoms with van der Waals surface area (Å²) in [6.07, 6.45) is 0.913. The number of hydrogen-bond acceptors (Lipinski definition) is 4. The Kier molecular flexibility index (Phi) is 4.26. The highest BCUT2D eigenvalue weighted by atomic mass is 32.2. The van der Waals surface area contributed by atoms with E-state index in [1.165, 1.54) is 33.6 Å². The highest BCUT2D eigenvalue weighted by Crippen LogP contribution is 2.38. The SMILES string of the molecule is Cc1ccc(S(=O)(=O)Nc2nc(-c3ccc4c(c3)Cc3ccccc3-4)cs2)cc1. The number of hydrogen-bond donors (Lipinski definition) is 1. The summed E-state index contributed by atoms with van der Waals surface area (Å²) in [7, 11) is -3.65. The smallest absolute Gasteiger partial charge is 0.255 e. The Balaban J connectivity index is 1.41. The summed E-state index contributed by atoms with van der Waals surface area (Å²) in [4.78, 5) is 4.74. The predicted molar refractivity (Wildman–Crippen MR) is 118 cm³/mol. The van der Waals surface area contributed by atoms with Gasteiger partial charge in [-0.15, -0.1) is 11.3 Å². The number of fused-ring (bicyclic) bond motifs is 3. The fourth-order valence-electron chi connectivity index (χ4n) is 3.65. The van der Waals surface area contributed by atoms with Crippen molar-refractivity contribution in [2.75, 3.05) is 4.72 Å². The molecule has 1 aliphatic carbocycles. The van der Waals surface area contributed by atoms with Crippen LogP contribution in [-0.4, -0.2) is 13.4 Å². The second-order valence-corrected chi connectivity index (χ2v) is 9.70. The van der Waals surface area contributed by atoms with Gasteiger partial charge in [0.1, 0.15) is 0 Å². The van der Waals surface area contributed by atoms with Crippen molar-refractivity contribution in [1.82, 2.24) is 4.98 Å². The fraction of sp³-hybridized carbons (Fsp3) is 0.0870. The van der Waals surface area contributed by atoms with Crippen LogP contribution in [0, 0.1) is 6.92 Å². The molecule has 6 heteroatoms. The minimum absolute atomic E-state index is 0.232. The minimum atomic E-state index is -3.65. The van der Waals surface area contributed by atoms with Crippen LogP contribution in [0.3, 0.4) is 0 Å². The lowest BCUT2D eigenvalue weighted by atomic mass is 10.0. The van der Waals surface area contributed by atoms with Crippen LogP contribution in [0.25, 0.3) is 22.4 Å². The van der Waals surface area contributed by atoms with Gasteiger partial charge in [0, 0.05) is 10.9 Å². The summed E-state index contributed by atoms with van der Waals surface area (Å²) in [5, 5.41) is 2.25. The van der Waals surface area contributed by atoms with Crippen LogP contribution in [-0.2, 0) is 16.4 Å². The zero-order chi connectivity index (χ0) is 20.0. The number of rotatable bonds is 4. The Bertz CT molecular complexity index is 1320. The molecular formula is C23H18N2O2S2. The lowest BCUT2D eigenvalue weighted by Gasteiger charge is -2.05. The van der Waals surface area contributed by atoms with E-state index >= 15 is 0 Å². The Morgan fingerprint density at radius 1 is 0.931 bits per heavy atom. The van der Waals surface area contributed by atoms with E-state index in [4.69, 9.17) is 0 Å². The van der Waals surface area contributed by atoms with E-state index in [9.17, 15) is 8.42 Å².